The van der Waals surface area contributed by atoms with Crippen molar-refractivity contribution in [3.05, 3.63) is 251 Å². The van der Waals surface area contributed by atoms with E-state index in [0.29, 0.717) is 71.0 Å². The van der Waals surface area contributed by atoms with Crippen molar-refractivity contribution in [3.63, 3.8) is 0 Å². The van der Waals surface area contributed by atoms with Gasteiger partial charge < -0.3 is 57.0 Å². The van der Waals surface area contributed by atoms with Crippen molar-refractivity contribution in [2.45, 2.75) is 200 Å². The molecule has 17 rings (SSSR count). The van der Waals surface area contributed by atoms with Gasteiger partial charge in [-0.15, -0.1) is 5.54 Å². The molecule has 0 saturated heterocycles. The van der Waals surface area contributed by atoms with Gasteiger partial charge in [0.2, 0.25) is 0 Å². The van der Waals surface area contributed by atoms with E-state index in [1.54, 1.807) is 89.9 Å². The summed E-state index contributed by atoms with van der Waals surface area (Å²) in [6.45, 7) is 27.0. The first kappa shape index (κ1) is 109. The Hall–Kier alpha value is 2.09. The third-order valence-corrected chi connectivity index (χ3v) is 39.6. The molecule has 626 valence electrons. The van der Waals surface area contributed by atoms with Crippen LogP contribution in [0.1, 0.15) is 151 Å². The van der Waals surface area contributed by atoms with Gasteiger partial charge in [-0.25, -0.2) is 0 Å². The van der Waals surface area contributed by atoms with Crippen LogP contribution in [0.15, 0.2) is 194 Å². The van der Waals surface area contributed by atoms with E-state index in [4.69, 9.17) is 73.1 Å². The Morgan fingerprint density at radius 3 is 0.735 bits per heavy atom. The molecule has 0 spiro atoms. The summed E-state index contributed by atoms with van der Waals surface area (Å²) in [7, 11) is 36.4. The zero-order valence-electron chi connectivity index (χ0n) is 72.7. The Bertz CT molecular complexity index is 2950. The minimum atomic E-state index is -1.61. The fraction of sp³-hybridized carbons (Fsp3) is 0.602. The third kappa shape index (κ3) is 26.6. The molecule has 9 fully saturated rings. The van der Waals surface area contributed by atoms with Crippen LogP contribution in [-0.2, 0) is 83.4 Å². The molecule has 0 N–H and O–H groups in total. The zero-order valence-corrected chi connectivity index (χ0v) is 90.5. The van der Waals surface area contributed by atoms with Crippen LogP contribution in [0.3, 0.4) is 0 Å². The van der Waals surface area contributed by atoms with Crippen LogP contribution in [0.25, 0.3) is 4.98 Å². The second-order valence-corrected chi connectivity index (χ2v) is 61.1. The number of rotatable bonds is 10. The van der Waals surface area contributed by atoms with Gasteiger partial charge in [-0.2, -0.15) is 0 Å². The van der Waals surface area contributed by atoms with Gasteiger partial charge in [0.1, 0.15) is 0 Å². The summed E-state index contributed by atoms with van der Waals surface area (Å²) in [6.07, 6.45) is 102. The molecule has 26 unspecified atom stereocenters. The monoisotopic (exact) mass is 2040 g/mol. The molecule has 26 atom stereocenters. The Morgan fingerprint density at radius 1 is 0.283 bits per heavy atom. The van der Waals surface area contributed by atoms with Crippen molar-refractivity contribution in [1.82, 2.24) is 0 Å². The molecular formula is C98H149Cl8NSi2Zr4. The van der Waals surface area contributed by atoms with Crippen LogP contribution in [-0.4, -0.2) is 21.8 Å². The molecule has 0 aromatic carbocycles. The van der Waals surface area contributed by atoms with Gasteiger partial charge in [-0.3, -0.25) is 0 Å². The van der Waals surface area contributed by atoms with Gasteiger partial charge in [-0.1, -0.05) is 321 Å². The third-order valence-electron chi connectivity index (χ3n) is 30.7. The first-order chi connectivity index (χ1) is 51.1. The summed E-state index contributed by atoms with van der Waals surface area (Å²) in [4.78, 5) is 5.23. The van der Waals surface area contributed by atoms with Crippen molar-refractivity contribution in [1.29, 1.82) is 0 Å². The Morgan fingerprint density at radius 2 is 0.496 bits per heavy atom. The minimum absolute atomic E-state index is 0. The molecule has 15 heteroatoms. The second kappa shape index (κ2) is 52.9. The SMILES string of the molecule is C1=CC2C3C=CC=CC3C(CCC3C4C=CC=CC4C4C=CC=CC43)C2C=C1.C1CCC2C(C1)CCC2CCC1CCC2CCCCC21.CC1C(C)C(C)C([Si](C)(C)[N-]C(C)(C)C)C1C.C[Si](C)(C1C2C=CC=CC2C2C=CC=CC21)C1C2C=CC=CC2C2C=CC=CC21.[CH3-].[CH3-].[CH3-].[CH3-].[CH3-].[CH3-].[CH3-].[Cl][Zr+2][Cl].[Cl][Zr+2][Cl].[Cl][Zr+2][Cl].[Cl][Zr+2][Cl]. The summed E-state index contributed by atoms with van der Waals surface area (Å²) in [5.41, 5.74) is 2.63. The number of halogens is 8. The zero-order chi connectivity index (χ0) is 75.9. The summed E-state index contributed by atoms with van der Waals surface area (Å²) < 4.78 is 0. The molecule has 0 heterocycles. The molecule has 0 aliphatic heterocycles. The molecule has 17 aliphatic carbocycles. The van der Waals surface area contributed by atoms with E-state index in [1.165, 1.54) is 12.8 Å². The topological polar surface area (TPSA) is 14.1 Å². The van der Waals surface area contributed by atoms with Gasteiger partial charge in [0.25, 0.3) is 0 Å². The molecule has 0 amide bonds. The number of allylic oxidation sites excluding steroid dienone is 32. The summed E-state index contributed by atoms with van der Waals surface area (Å²) in [5, 5.41) is 0. The molecule has 1 nitrogen and oxygen atoms in total. The average Bonchev–Trinajstić information content (AvgIpc) is 1.56. The maximum absolute atomic E-state index is 5.23. The van der Waals surface area contributed by atoms with Crippen LogP contribution in [0.4, 0.5) is 0 Å². The molecule has 9 saturated carbocycles. The van der Waals surface area contributed by atoms with Crippen molar-refractivity contribution in [2.24, 2.45) is 166 Å². The molecular weight excluding hydrogens is 1900 g/mol. The first-order valence-corrected chi connectivity index (χ1v) is 73.0. The molecule has 113 heavy (non-hydrogen) atoms. The van der Waals surface area contributed by atoms with E-state index in [-0.39, 0.29) is 57.5 Å². The van der Waals surface area contributed by atoms with Crippen molar-refractivity contribution in [3.8, 4) is 0 Å². The summed E-state index contributed by atoms with van der Waals surface area (Å²) in [5.74, 6) is 23.3. The van der Waals surface area contributed by atoms with Gasteiger partial charge in [0, 0.05) is 0 Å². The van der Waals surface area contributed by atoms with Crippen LogP contribution in [0.5, 0.6) is 0 Å². The number of hydrogen-bond acceptors (Lipinski definition) is 0. The number of fused-ring (bicyclic) bond motifs is 14. The summed E-state index contributed by atoms with van der Waals surface area (Å²) >= 11 is -3.30. The molecule has 0 bridgehead atoms. The van der Waals surface area contributed by atoms with E-state index in [1.807, 2.05) is 0 Å². The Kier molecular flexibility index (Phi) is 51.1. The van der Waals surface area contributed by atoms with E-state index < -0.39 is 99.7 Å². The predicted octanol–water partition coefficient (Wildman–Crippen LogP) is 33.5. The predicted molar refractivity (Wildman–Crippen MR) is 502 cm³/mol. The normalized spacial score (nSPS) is 39.2. The number of hydrogen-bond donors (Lipinski definition) is 0. The fourth-order valence-corrected chi connectivity index (χ4v) is 37.7. The molecule has 17 aliphatic rings. The second-order valence-electron chi connectivity index (χ2n) is 37.0. The number of nitrogens with zero attached hydrogens (tertiary/aromatic N) is 1. The van der Waals surface area contributed by atoms with Gasteiger partial charge >= 0.3 is 151 Å². The van der Waals surface area contributed by atoms with Gasteiger partial charge in [0.05, 0.1) is 8.07 Å². The molecule has 0 aromatic rings. The van der Waals surface area contributed by atoms with E-state index >= 15 is 0 Å². The van der Waals surface area contributed by atoms with Crippen molar-refractivity contribution in [2.75, 3.05) is 0 Å². The van der Waals surface area contributed by atoms with Crippen molar-refractivity contribution < 1.29 is 83.4 Å². The van der Waals surface area contributed by atoms with E-state index in [0.717, 1.165) is 111 Å². The molecule has 0 aromatic heterocycles. The standard InChI is InChI=1S/C28H32Si.C28H30.C20H34.C15H32NSi.7CH3.8ClH.4Zr/c1-29(2,27-23-15-7-3-11-19(23)20-12-4-8-16-24(20)27)28-25-17-9-5-13-21(25)22-14-6-10-18-26(22)28;1-5-13-23-19(9-1)20-10-2-6-14-24(20)27(23)17-18-28-25-15-7-3-11-21(25)22-12-4-8-16-26(22)28;1-3-7-19-15(5-1)9-11-17(19)13-14-18-12-10-16-6-2-4-8-20(16)18;1-10-11(2)13(4)14(12(10)3)17(8,9)16-15(5,6)7;;;;;;;;;;;;;;;;;;;/h3-28H,1-2H3;1-16,19-28H,17-18H2;15-20H,1-14H2;10-14H,1-9H3;7*1H3;8*1H;;;;/q;;;8*-1;;;;;;;;;4*+4/p-8. The van der Waals surface area contributed by atoms with Gasteiger partial charge in [-0.05, 0) is 241 Å². The fourth-order valence-electron chi connectivity index (χ4n) is 26.9. The van der Waals surface area contributed by atoms with Crippen LogP contribution in [0, 0.1) is 218 Å². The molecule has 0 radical (unpaired) electrons. The Balaban J connectivity index is 0.000000371. The quantitative estimate of drug-likeness (QED) is 0.153. The van der Waals surface area contributed by atoms with Crippen LogP contribution in [0.2, 0.25) is 42.8 Å². The summed E-state index contributed by atoms with van der Waals surface area (Å²) in [6, 6.07) is 0. The maximum atomic E-state index is 5.23. The van der Waals surface area contributed by atoms with E-state index in [9.17, 15) is 0 Å². The average molecular weight is 2050 g/mol. The van der Waals surface area contributed by atoms with Crippen molar-refractivity contribution >= 4 is 84.4 Å². The first-order valence-electron chi connectivity index (χ1n) is 41.5. The van der Waals surface area contributed by atoms with Gasteiger partial charge in [0.15, 0.2) is 0 Å². The Labute approximate surface area is 774 Å². The van der Waals surface area contributed by atoms with Crippen LogP contribution >= 0.6 is 68.1 Å². The van der Waals surface area contributed by atoms with Crippen LogP contribution < -0.4 is 0 Å². The van der Waals surface area contributed by atoms with E-state index in [2.05, 4.69) is 269 Å².